The Hall–Kier alpha value is -1.52. The van der Waals surface area contributed by atoms with Gasteiger partial charge in [-0.25, -0.2) is 4.79 Å². The summed E-state index contributed by atoms with van der Waals surface area (Å²) in [6.45, 7) is 3.47. The second-order valence-corrected chi connectivity index (χ2v) is 4.15. The lowest BCUT2D eigenvalue weighted by atomic mass is 10.2. The Bertz CT molecular complexity index is 354. The molecule has 16 heavy (non-hydrogen) atoms. The van der Waals surface area contributed by atoms with Crippen LogP contribution in [0.3, 0.4) is 0 Å². The van der Waals surface area contributed by atoms with Crippen LogP contribution in [0.4, 0.5) is 10.6 Å². The third-order valence-corrected chi connectivity index (χ3v) is 2.76. The molecule has 0 radical (unpaired) electrons. The van der Waals surface area contributed by atoms with Crippen LogP contribution in [0.25, 0.3) is 0 Å². The molecule has 1 aromatic rings. The number of likely N-dealkylation sites (tertiary alicyclic amines) is 1. The molecule has 0 bridgehead atoms. The minimum atomic E-state index is -0.0739. The Morgan fingerprint density at radius 1 is 1.38 bits per heavy atom. The van der Waals surface area contributed by atoms with Crippen molar-refractivity contribution in [2.45, 2.75) is 32.6 Å². The lowest BCUT2D eigenvalue weighted by Gasteiger charge is -2.19. The maximum atomic E-state index is 11.9. The van der Waals surface area contributed by atoms with E-state index in [0.29, 0.717) is 11.6 Å². The Morgan fingerprint density at radius 2 is 2.06 bits per heavy atom. The second kappa shape index (κ2) is 5.01. The number of amides is 2. The summed E-state index contributed by atoms with van der Waals surface area (Å²) in [6, 6.07) is 1.64. The number of hydrogen-bond acceptors (Lipinski definition) is 3. The van der Waals surface area contributed by atoms with E-state index in [1.807, 2.05) is 4.90 Å². The highest BCUT2D eigenvalue weighted by molar-refractivity contribution is 5.88. The number of aromatic nitrogens is 1. The van der Waals surface area contributed by atoms with Crippen LogP contribution < -0.4 is 5.32 Å². The second-order valence-electron chi connectivity index (χ2n) is 4.15. The summed E-state index contributed by atoms with van der Waals surface area (Å²) in [5.74, 6) is 1.19. The van der Waals surface area contributed by atoms with Crippen molar-refractivity contribution in [1.29, 1.82) is 0 Å². The Kier molecular flexibility index (Phi) is 3.44. The molecule has 0 saturated carbocycles. The van der Waals surface area contributed by atoms with Gasteiger partial charge in [0.25, 0.3) is 0 Å². The predicted molar refractivity (Wildman–Crippen MR) is 60.3 cm³/mol. The lowest BCUT2D eigenvalue weighted by molar-refractivity contribution is 0.213. The number of nitrogens with one attached hydrogen (secondary N) is 1. The molecule has 2 heterocycles. The van der Waals surface area contributed by atoms with E-state index in [4.69, 9.17) is 4.52 Å². The van der Waals surface area contributed by atoms with Crippen LogP contribution in [0.5, 0.6) is 0 Å². The lowest BCUT2D eigenvalue weighted by Crippen LogP contribution is -2.35. The molecule has 88 valence electrons. The van der Waals surface area contributed by atoms with Crippen molar-refractivity contribution in [1.82, 2.24) is 10.1 Å². The monoisotopic (exact) mass is 223 g/mol. The first-order valence-electron chi connectivity index (χ1n) is 5.75. The van der Waals surface area contributed by atoms with E-state index in [0.717, 1.165) is 25.9 Å². The summed E-state index contributed by atoms with van der Waals surface area (Å²) >= 11 is 0. The fraction of sp³-hybridized carbons (Fsp3) is 0.636. The molecule has 5 nitrogen and oxygen atoms in total. The SMILES string of the molecule is Cc1cc(NC(=O)N2CCCCCC2)no1. The molecular weight excluding hydrogens is 206 g/mol. The molecule has 1 aromatic heterocycles. The van der Waals surface area contributed by atoms with Gasteiger partial charge in [0.05, 0.1) is 0 Å². The van der Waals surface area contributed by atoms with E-state index < -0.39 is 0 Å². The smallest absolute Gasteiger partial charge is 0.323 e. The fourth-order valence-corrected chi connectivity index (χ4v) is 1.89. The number of rotatable bonds is 1. The van der Waals surface area contributed by atoms with Crippen LogP contribution in [0.15, 0.2) is 10.6 Å². The van der Waals surface area contributed by atoms with Crippen LogP contribution in [-0.4, -0.2) is 29.2 Å². The Balaban J connectivity index is 1.91. The van der Waals surface area contributed by atoms with Crippen molar-refractivity contribution >= 4 is 11.8 Å². The Labute approximate surface area is 94.8 Å². The maximum absolute atomic E-state index is 11.9. The number of nitrogens with zero attached hydrogens (tertiary/aromatic N) is 2. The molecular formula is C11H17N3O2. The largest absolute Gasteiger partial charge is 0.360 e. The predicted octanol–water partition coefficient (Wildman–Crippen LogP) is 2.39. The van der Waals surface area contributed by atoms with Gasteiger partial charge in [-0.2, -0.15) is 0 Å². The van der Waals surface area contributed by atoms with Crippen molar-refractivity contribution in [3.8, 4) is 0 Å². The third-order valence-electron chi connectivity index (χ3n) is 2.76. The highest BCUT2D eigenvalue weighted by atomic mass is 16.5. The minimum absolute atomic E-state index is 0.0739. The molecule has 1 aliphatic rings. The van der Waals surface area contributed by atoms with Crippen LogP contribution in [0, 0.1) is 6.92 Å². The summed E-state index contributed by atoms with van der Waals surface area (Å²) in [7, 11) is 0. The van der Waals surface area contributed by atoms with Gasteiger partial charge in [0, 0.05) is 19.2 Å². The third kappa shape index (κ3) is 2.74. The van der Waals surface area contributed by atoms with Gasteiger partial charge in [0.1, 0.15) is 5.76 Å². The average Bonchev–Trinajstić information content (AvgIpc) is 2.56. The topological polar surface area (TPSA) is 58.4 Å². The van der Waals surface area contributed by atoms with E-state index in [1.165, 1.54) is 12.8 Å². The van der Waals surface area contributed by atoms with Gasteiger partial charge in [0.2, 0.25) is 0 Å². The summed E-state index contributed by atoms with van der Waals surface area (Å²) < 4.78 is 4.89. The highest BCUT2D eigenvalue weighted by Gasteiger charge is 2.16. The molecule has 2 rings (SSSR count). The number of anilines is 1. The summed E-state index contributed by atoms with van der Waals surface area (Å²) in [5.41, 5.74) is 0. The summed E-state index contributed by atoms with van der Waals surface area (Å²) in [4.78, 5) is 13.7. The maximum Gasteiger partial charge on any atom is 0.323 e. The zero-order chi connectivity index (χ0) is 11.4. The van der Waals surface area contributed by atoms with Crippen LogP contribution in [-0.2, 0) is 0 Å². The van der Waals surface area contributed by atoms with Gasteiger partial charge in [-0.05, 0) is 19.8 Å². The van der Waals surface area contributed by atoms with Gasteiger partial charge in [0.15, 0.2) is 5.82 Å². The molecule has 1 N–H and O–H groups in total. The first kappa shape index (κ1) is 11.0. The standard InChI is InChI=1S/C11H17N3O2/c1-9-8-10(13-16-9)12-11(15)14-6-4-2-3-5-7-14/h8H,2-7H2,1H3,(H,12,13,15). The number of urea groups is 1. The summed E-state index contributed by atoms with van der Waals surface area (Å²) in [5, 5.41) is 6.48. The van der Waals surface area contributed by atoms with Crippen molar-refractivity contribution in [2.24, 2.45) is 0 Å². The molecule has 0 spiro atoms. The first-order chi connectivity index (χ1) is 7.75. The van der Waals surface area contributed by atoms with Crippen molar-refractivity contribution < 1.29 is 9.32 Å². The van der Waals surface area contributed by atoms with Crippen LogP contribution in [0.1, 0.15) is 31.4 Å². The van der Waals surface area contributed by atoms with E-state index >= 15 is 0 Å². The van der Waals surface area contributed by atoms with Gasteiger partial charge >= 0.3 is 6.03 Å². The van der Waals surface area contributed by atoms with Crippen molar-refractivity contribution in [3.63, 3.8) is 0 Å². The zero-order valence-electron chi connectivity index (χ0n) is 9.53. The zero-order valence-corrected chi connectivity index (χ0v) is 9.53. The van der Waals surface area contributed by atoms with Gasteiger partial charge in [-0.15, -0.1) is 0 Å². The molecule has 0 unspecified atom stereocenters. The van der Waals surface area contributed by atoms with E-state index in [1.54, 1.807) is 13.0 Å². The molecule has 2 amide bonds. The van der Waals surface area contributed by atoms with Crippen LogP contribution >= 0.6 is 0 Å². The van der Waals surface area contributed by atoms with E-state index in [9.17, 15) is 4.79 Å². The van der Waals surface area contributed by atoms with Crippen molar-refractivity contribution in [2.75, 3.05) is 18.4 Å². The van der Waals surface area contributed by atoms with Gasteiger partial charge in [-0.1, -0.05) is 18.0 Å². The molecule has 0 aliphatic carbocycles. The molecule has 1 aliphatic heterocycles. The summed E-state index contributed by atoms with van der Waals surface area (Å²) in [6.07, 6.45) is 4.61. The van der Waals surface area contributed by atoms with Crippen LogP contribution in [0.2, 0.25) is 0 Å². The normalized spacial score (nSPS) is 16.9. The molecule has 0 atom stereocenters. The number of aryl methyl sites for hydroxylation is 1. The molecule has 0 aromatic carbocycles. The molecule has 1 saturated heterocycles. The molecule has 1 fully saturated rings. The number of carbonyl (C=O) groups is 1. The van der Waals surface area contributed by atoms with E-state index in [-0.39, 0.29) is 6.03 Å². The number of hydrogen-bond donors (Lipinski definition) is 1. The quantitative estimate of drug-likeness (QED) is 0.795. The average molecular weight is 223 g/mol. The van der Waals surface area contributed by atoms with Gasteiger partial charge < -0.3 is 9.42 Å². The van der Waals surface area contributed by atoms with Crippen molar-refractivity contribution in [3.05, 3.63) is 11.8 Å². The Morgan fingerprint density at radius 3 is 2.62 bits per heavy atom. The number of carbonyl (C=O) groups excluding carboxylic acids is 1. The first-order valence-corrected chi connectivity index (χ1v) is 5.75. The minimum Gasteiger partial charge on any atom is -0.360 e. The highest BCUT2D eigenvalue weighted by Crippen LogP contribution is 2.12. The van der Waals surface area contributed by atoms with E-state index in [2.05, 4.69) is 10.5 Å². The van der Waals surface area contributed by atoms with Gasteiger partial charge in [-0.3, -0.25) is 5.32 Å². The molecule has 5 heteroatoms. The fourth-order valence-electron chi connectivity index (χ4n) is 1.89.